The van der Waals surface area contributed by atoms with Gasteiger partial charge in [-0.1, -0.05) is 122 Å². The Hall–Kier alpha value is -6.10. The third-order valence-electron chi connectivity index (χ3n) is 10.3. The van der Waals surface area contributed by atoms with Crippen molar-refractivity contribution in [1.82, 2.24) is 29.1 Å². The van der Waals surface area contributed by atoms with Crippen molar-refractivity contribution in [2.24, 2.45) is 11.1 Å². The van der Waals surface area contributed by atoms with E-state index in [1.54, 1.807) is 35.6 Å². The molecule has 1 unspecified atom stereocenters. The lowest BCUT2D eigenvalue weighted by atomic mass is 9.77. The number of hydrogen-bond donors (Lipinski definition) is 2. The number of thioether (sulfide) groups is 1. The van der Waals surface area contributed by atoms with Crippen LogP contribution in [-0.2, 0) is 29.6 Å². The summed E-state index contributed by atoms with van der Waals surface area (Å²) in [6, 6.07) is 30.1. The quantitative estimate of drug-likeness (QED) is 0.0363. The molecule has 0 aliphatic carbocycles. The summed E-state index contributed by atoms with van der Waals surface area (Å²) in [5.41, 5.74) is 5.58. The molecule has 3 aliphatic rings. The van der Waals surface area contributed by atoms with Crippen LogP contribution in [0.5, 0.6) is 0 Å². The minimum atomic E-state index is -0.896. The molecule has 13 nitrogen and oxygen atoms in total. The molecule has 0 radical (unpaired) electrons. The van der Waals surface area contributed by atoms with Crippen LogP contribution in [0.4, 0.5) is 5.13 Å². The highest BCUT2D eigenvalue weighted by molar-refractivity contribution is 8.02. The van der Waals surface area contributed by atoms with Crippen molar-refractivity contribution in [3.05, 3.63) is 154 Å². The van der Waals surface area contributed by atoms with Crippen molar-refractivity contribution < 1.29 is 24.1 Å². The number of nitrogens with zero attached hydrogens (tertiary/aromatic N) is 6. The summed E-state index contributed by atoms with van der Waals surface area (Å²) >= 11 is 4.22. The van der Waals surface area contributed by atoms with E-state index in [1.807, 2.05) is 113 Å². The van der Waals surface area contributed by atoms with Gasteiger partial charge in [-0.2, -0.15) is 14.8 Å². The Labute approximate surface area is 345 Å². The Morgan fingerprint density at radius 1 is 0.948 bits per heavy atom. The number of benzene rings is 3. The zero-order valence-electron chi connectivity index (χ0n) is 31.1. The average Bonchev–Trinajstić information content (AvgIpc) is 4.02. The maximum Gasteiger partial charge on any atom is 0.379 e. The molecule has 3 aromatic heterocycles. The van der Waals surface area contributed by atoms with E-state index < -0.39 is 17.4 Å². The number of unbranched alkanes of at least 4 members (excludes halogenated alkanes) is 2. The van der Waals surface area contributed by atoms with E-state index in [9.17, 15) is 14.4 Å². The van der Waals surface area contributed by atoms with Gasteiger partial charge in [0.1, 0.15) is 29.0 Å². The molecule has 9 rings (SSSR count). The third-order valence-corrected chi connectivity index (χ3v) is 13.5. The highest BCUT2D eigenvalue weighted by Crippen LogP contribution is 2.62. The van der Waals surface area contributed by atoms with Crippen LogP contribution in [0.25, 0.3) is 10.9 Å². The Bertz CT molecular complexity index is 2470. The van der Waals surface area contributed by atoms with Gasteiger partial charge in [-0.05, 0) is 34.8 Å². The number of oxime groups is 1. The number of allylic oxidation sites excluding steroid dienone is 1. The van der Waals surface area contributed by atoms with Gasteiger partial charge in [0.15, 0.2) is 0 Å². The molecule has 58 heavy (non-hydrogen) atoms. The number of anilines is 1. The van der Waals surface area contributed by atoms with Crippen LogP contribution in [0.15, 0.2) is 131 Å². The number of carbonyl (C=O) groups is 3. The monoisotopic (exact) mass is 828 g/mol. The van der Waals surface area contributed by atoms with Crippen molar-refractivity contribution in [2.45, 2.75) is 42.3 Å². The summed E-state index contributed by atoms with van der Waals surface area (Å²) < 4.78 is 6.47. The zero-order chi connectivity index (χ0) is 39.6. The van der Waals surface area contributed by atoms with Crippen molar-refractivity contribution >= 4 is 74.2 Å². The maximum absolute atomic E-state index is 13.9. The summed E-state index contributed by atoms with van der Waals surface area (Å²) in [7, 11) is 0. The van der Waals surface area contributed by atoms with Crippen molar-refractivity contribution in [2.75, 3.05) is 11.9 Å². The molecule has 2 amide bonds. The lowest BCUT2D eigenvalue weighted by Gasteiger charge is -2.62. The smallest absolute Gasteiger partial charge is 0.379 e. The normalized spacial score (nSPS) is 18.6. The third kappa shape index (κ3) is 6.66. The highest BCUT2D eigenvalue weighted by Gasteiger charge is 2.68. The van der Waals surface area contributed by atoms with Gasteiger partial charge in [-0.25, -0.2) is 9.78 Å². The predicted molar refractivity (Wildman–Crippen MR) is 224 cm³/mol. The number of aromatic nitrogens is 4. The van der Waals surface area contributed by atoms with Gasteiger partial charge in [0.05, 0.1) is 23.2 Å². The number of amides is 2. The predicted octanol–water partition coefficient (Wildman–Crippen LogP) is 7.02. The molecule has 2 fully saturated rings. The summed E-state index contributed by atoms with van der Waals surface area (Å²) in [5, 5.41) is 9.88. The number of rotatable bonds is 15. The lowest BCUT2D eigenvalue weighted by molar-refractivity contribution is -0.162. The number of hydrogen-bond acceptors (Lipinski definition) is 13. The van der Waals surface area contributed by atoms with Gasteiger partial charge >= 0.3 is 11.9 Å². The molecule has 2 N–H and O–H groups in total. The second kappa shape index (κ2) is 16.0. The maximum atomic E-state index is 13.9. The standard InChI is InChI=1S/C42H36N8O5S3/c1-2-3-13-22-54-46-33(36-44-41(58-48-36)45-42(26-14-7-4-8-15-26,27-16-9-5-10-17-27)28-18-11-6-12-19-28)37(51)47-55-40(53)34-30(35-32-38(52)50(34)39(32)57-35)21-20-29-24-56-31-23-43-25-49(29)31/h4-12,14-21,23-25,32,35,39H,2-3,13,22H2,1H3,(H,47,51)(H,44,45,48)/t32-,35?,39+/m0/s1. The van der Waals surface area contributed by atoms with Crippen LogP contribution in [0.1, 0.15) is 54.4 Å². The van der Waals surface area contributed by atoms with Gasteiger partial charge in [0.25, 0.3) is 0 Å². The zero-order valence-corrected chi connectivity index (χ0v) is 33.5. The Balaban J connectivity index is 0.998. The number of β-lactam (4-membered cyclic amide) rings is 1. The fourth-order valence-corrected chi connectivity index (χ4v) is 10.5. The number of imidazole rings is 1. The van der Waals surface area contributed by atoms with E-state index in [1.165, 1.54) is 4.90 Å². The molecule has 4 bridgehead atoms. The molecule has 3 aliphatic heterocycles. The Morgan fingerprint density at radius 2 is 1.64 bits per heavy atom. The van der Waals surface area contributed by atoms with Gasteiger partial charge in [-0.3, -0.25) is 18.9 Å². The van der Waals surface area contributed by atoms with Gasteiger partial charge in [0, 0.05) is 22.2 Å². The molecule has 2 saturated heterocycles. The van der Waals surface area contributed by atoms with E-state index in [0.29, 0.717) is 10.7 Å². The minimum absolute atomic E-state index is 0.0277. The van der Waals surface area contributed by atoms with Crippen molar-refractivity contribution in [3.8, 4) is 0 Å². The minimum Gasteiger partial charge on any atom is -0.395 e. The lowest BCUT2D eigenvalue weighted by Crippen LogP contribution is -2.73. The van der Waals surface area contributed by atoms with Crippen molar-refractivity contribution in [1.29, 1.82) is 0 Å². The van der Waals surface area contributed by atoms with Gasteiger partial charge in [-0.15, -0.1) is 23.1 Å². The largest absolute Gasteiger partial charge is 0.395 e. The molecule has 0 saturated carbocycles. The second-order valence-electron chi connectivity index (χ2n) is 13.8. The van der Waals surface area contributed by atoms with Crippen molar-refractivity contribution in [3.63, 3.8) is 0 Å². The van der Waals surface area contributed by atoms with Crippen LogP contribution < -0.4 is 10.8 Å². The van der Waals surface area contributed by atoms with E-state index in [2.05, 4.69) is 32.2 Å². The van der Waals surface area contributed by atoms with E-state index >= 15 is 0 Å². The van der Waals surface area contributed by atoms with Gasteiger partial charge < -0.3 is 15.0 Å². The molecule has 6 aromatic rings. The summed E-state index contributed by atoms with van der Waals surface area (Å²) in [6.45, 7) is 2.33. The fourth-order valence-electron chi connectivity index (χ4n) is 7.47. The number of fused-ring (bicyclic) bond motifs is 1. The first-order valence-electron chi connectivity index (χ1n) is 18.8. The van der Waals surface area contributed by atoms with Crippen LogP contribution in [0.2, 0.25) is 0 Å². The molecule has 0 spiro atoms. The molecule has 3 atom stereocenters. The highest BCUT2D eigenvalue weighted by atomic mass is 32.2. The average molecular weight is 829 g/mol. The van der Waals surface area contributed by atoms with Crippen LogP contribution >= 0.6 is 34.6 Å². The first-order chi connectivity index (χ1) is 28.5. The number of hydroxylamine groups is 1. The number of nitrogens with one attached hydrogen (secondary N) is 2. The molecule has 16 heteroatoms. The molecular formula is C42H36N8O5S3. The number of thiazole rings is 1. The molecule has 6 heterocycles. The number of carbonyl (C=O) groups excluding carboxylic acids is 3. The van der Waals surface area contributed by atoms with E-state index in [0.717, 1.165) is 58.0 Å². The molecule has 3 aromatic carbocycles. The van der Waals surface area contributed by atoms with E-state index in [-0.39, 0.29) is 46.3 Å². The fraction of sp³-hybridized carbons (Fsp3) is 0.214. The summed E-state index contributed by atoms with van der Waals surface area (Å²) in [5.74, 6) is -2.11. The topological polar surface area (TPSA) is 152 Å². The van der Waals surface area contributed by atoms with E-state index in [4.69, 9.17) is 14.7 Å². The van der Waals surface area contributed by atoms with Crippen LogP contribution in [0.3, 0.4) is 0 Å². The Morgan fingerprint density at radius 3 is 2.29 bits per heavy atom. The van der Waals surface area contributed by atoms with Gasteiger partial charge in [0.2, 0.25) is 22.6 Å². The molecular weight excluding hydrogens is 793 g/mol. The first-order valence-corrected chi connectivity index (χ1v) is 21.4. The van der Waals surface area contributed by atoms with Crippen LogP contribution in [0, 0.1) is 5.92 Å². The van der Waals surface area contributed by atoms with Crippen LogP contribution in [-0.4, -0.2) is 64.4 Å². The SMILES string of the molecule is CCCCCON=C(C(=O)NOC(=O)C1=C(C=Cc2csc3cncn23)C2S[C@@H]3[C@@H]2C(=O)N13)c1nsc(NC(c2ccccc2)(c2ccccc2)c2ccccc2)n1. The summed E-state index contributed by atoms with van der Waals surface area (Å²) in [6.07, 6.45) is 9.84. The summed E-state index contributed by atoms with van der Waals surface area (Å²) in [4.78, 5) is 63.1. The second-order valence-corrected chi connectivity index (χ2v) is 16.7. The first kappa shape index (κ1) is 37.5. The Kier molecular flexibility index (Phi) is 10.4. The molecule has 292 valence electrons.